The Morgan fingerprint density at radius 1 is 1.40 bits per heavy atom. The van der Waals surface area contributed by atoms with Crippen LogP contribution in [0.2, 0.25) is 0 Å². The summed E-state index contributed by atoms with van der Waals surface area (Å²) in [5.41, 5.74) is 3.58. The van der Waals surface area contributed by atoms with Crippen molar-refractivity contribution in [2.24, 2.45) is 0 Å². The van der Waals surface area contributed by atoms with E-state index in [-0.39, 0.29) is 12.4 Å². The standard InChI is InChI=1S/C15H22N4.ClH/c1-11-4-5-19-14(8-17-15(19)6-11)10-18-9-12(2)16-7-13(18)3;/h4-6,8,12-13,16H,7,9-10H2,1-3H3;1H. The van der Waals surface area contributed by atoms with E-state index in [2.05, 4.69) is 58.7 Å². The van der Waals surface area contributed by atoms with E-state index >= 15 is 0 Å². The molecule has 0 bridgehead atoms. The van der Waals surface area contributed by atoms with Crippen LogP contribution in [0.3, 0.4) is 0 Å². The zero-order valence-corrected chi connectivity index (χ0v) is 13.2. The maximum absolute atomic E-state index is 4.51. The summed E-state index contributed by atoms with van der Waals surface area (Å²) >= 11 is 0. The monoisotopic (exact) mass is 294 g/mol. The molecule has 1 aliphatic rings. The summed E-state index contributed by atoms with van der Waals surface area (Å²) < 4.78 is 2.20. The first kappa shape index (κ1) is 15.3. The quantitative estimate of drug-likeness (QED) is 0.922. The van der Waals surface area contributed by atoms with E-state index in [1.165, 1.54) is 11.3 Å². The number of rotatable bonds is 2. The molecule has 2 aromatic heterocycles. The molecule has 0 saturated carbocycles. The summed E-state index contributed by atoms with van der Waals surface area (Å²) in [7, 11) is 0. The van der Waals surface area contributed by atoms with E-state index in [9.17, 15) is 0 Å². The fourth-order valence-electron chi connectivity index (χ4n) is 2.78. The van der Waals surface area contributed by atoms with Gasteiger partial charge < -0.3 is 9.72 Å². The molecule has 2 unspecified atom stereocenters. The normalized spacial score (nSPS) is 23.8. The van der Waals surface area contributed by atoms with E-state index in [0.717, 1.165) is 25.3 Å². The van der Waals surface area contributed by atoms with Gasteiger partial charge in [0.2, 0.25) is 0 Å². The molecule has 3 rings (SSSR count). The first-order valence-electron chi connectivity index (χ1n) is 7.03. The highest BCUT2D eigenvalue weighted by molar-refractivity contribution is 5.85. The summed E-state index contributed by atoms with van der Waals surface area (Å²) in [6.45, 7) is 9.77. The van der Waals surface area contributed by atoms with Gasteiger partial charge in [0.05, 0.1) is 11.9 Å². The number of hydrogen-bond acceptors (Lipinski definition) is 3. The second-order valence-electron chi connectivity index (χ2n) is 5.77. The van der Waals surface area contributed by atoms with Gasteiger partial charge in [-0.3, -0.25) is 4.90 Å². The van der Waals surface area contributed by atoms with Gasteiger partial charge >= 0.3 is 0 Å². The largest absolute Gasteiger partial charge is 0.311 e. The van der Waals surface area contributed by atoms with E-state index < -0.39 is 0 Å². The van der Waals surface area contributed by atoms with Crippen LogP contribution in [0.4, 0.5) is 0 Å². The number of nitrogens with one attached hydrogen (secondary N) is 1. The SMILES string of the molecule is Cc1ccn2c(CN3CC(C)NCC3C)cnc2c1.Cl. The minimum atomic E-state index is 0. The molecule has 2 atom stereocenters. The molecule has 20 heavy (non-hydrogen) atoms. The van der Waals surface area contributed by atoms with Crippen molar-refractivity contribution >= 4 is 18.1 Å². The summed E-state index contributed by atoms with van der Waals surface area (Å²) in [6.07, 6.45) is 4.14. The average Bonchev–Trinajstić information content (AvgIpc) is 2.76. The van der Waals surface area contributed by atoms with Gasteiger partial charge in [0.1, 0.15) is 5.65 Å². The van der Waals surface area contributed by atoms with Gasteiger partial charge in [-0.1, -0.05) is 0 Å². The minimum absolute atomic E-state index is 0. The zero-order valence-electron chi connectivity index (χ0n) is 12.3. The molecule has 110 valence electrons. The molecular formula is C15H23ClN4. The highest BCUT2D eigenvalue weighted by atomic mass is 35.5. The third kappa shape index (κ3) is 2.97. The maximum atomic E-state index is 4.51. The van der Waals surface area contributed by atoms with Crippen LogP contribution in [0.15, 0.2) is 24.5 Å². The number of halogens is 1. The van der Waals surface area contributed by atoms with Crippen LogP contribution in [-0.4, -0.2) is 39.5 Å². The van der Waals surface area contributed by atoms with E-state index in [1.54, 1.807) is 0 Å². The van der Waals surface area contributed by atoms with Gasteiger partial charge in [-0.25, -0.2) is 4.98 Å². The molecule has 1 N–H and O–H groups in total. The van der Waals surface area contributed by atoms with Crippen LogP contribution in [0.25, 0.3) is 5.65 Å². The fourth-order valence-corrected chi connectivity index (χ4v) is 2.78. The van der Waals surface area contributed by atoms with Crippen LogP contribution in [0.1, 0.15) is 25.1 Å². The predicted molar refractivity (Wildman–Crippen MR) is 84.5 cm³/mol. The Labute approximate surface area is 126 Å². The molecule has 1 aliphatic heterocycles. The summed E-state index contributed by atoms with van der Waals surface area (Å²) in [6, 6.07) is 5.42. The molecule has 0 spiro atoms. The lowest BCUT2D eigenvalue weighted by Crippen LogP contribution is -2.53. The van der Waals surface area contributed by atoms with E-state index in [4.69, 9.17) is 0 Å². The van der Waals surface area contributed by atoms with Gasteiger partial charge in [0.15, 0.2) is 0 Å². The Morgan fingerprint density at radius 3 is 3.00 bits per heavy atom. The number of piperazine rings is 1. The smallest absolute Gasteiger partial charge is 0.137 e. The Balaban J connectivity index is 0.00000147. The van der Waals surface area contributed by atoms with E-state index in [0.29, 0.717) is 12.1 Å². The zero-order chi connectivity index (χ0) is 13.4. The summed E-state index contributed by atoms with van der Waals surface area (Å²) in [4.78, 5) is 7.04. The molecule has 0 aromatic carbocycles. The Morgan fingerprint density at radius 2 is 2.20 bits per heavy atom. The molecule has 1 fully saturated rings. The number of fused-ring (bicyclic) bond motifs is 1. The molecule has 0 amide bonds. The molecule has 5 heteroatoms. The third-order valence-corrected chi connectivity index (χ3v) is 4.00. The second kappa shape index (κ2) is 6.12. The van der Waals surface area contributed by atoms with Crippen molar-refractivity contribution < 1.29 is 0 Å². The summed E-state index contributed by atoms with van der Waals surface area (Å²) in [5.74, 6) is 0. The van der Waals surface area contributed by atoms with Crippen molar-refractivity contribution in [3.63, 3.8) is 0 Å². The van der Waals surface area contributed by atoms with Crippen molar-refractivity contribution in [1.29, 1.82) is 0 Å². The van der Waals surface area contributed by atoms with Crippen molar-refractivity contribution in [3.8, 4) is 0 Å². The van der Waals surface area contributed by atoms with Crippen LogP contribution in [-0.2, 0) is 6.54 Å². The topological polar surface area (TPSA) is 32.6 Å². The lowest BCUT2D eigenvalue weighted by Gasteiger charge is -2.37. The van der Waals surface area contributed by atoms with Crippen LogP contribution in [0.5, 0.6) is 0 Å². The molecule has 0 aliphatic carbocycles. The number of aromatic nitrogens is 2. The first-order chi connectivity index (χ1) is 9.13. The van der Waals surface area contributed by atoms with Gasteiger partial charge in [-0.05, 0) is 38.5 Å². The highest BCUT2D eigenvalue weighted by Crippen LogP contribution is 2.14. The van der Waals surface area contributed by atoms with E-state index in [1.807, 2.05) is 6.20 Å². The Hall–Kier alpha value is -1.10. The van der Waals surface area contributed by atoms with Gasteiger partial charge in [-0.2, -0.15) is 0 Å². The highest BCUT2D eigenvalue weighted by Gasteiger charge is 2.23. The third-order valence-electron chi connectivity index (χ3n) is 4.00. The number of nitrogens with zero attached hydrogens (tertiary/aromatic N) is 3. The second-order valence-corrected chi connectivity index (χ2v) is 5.77. The number of imidazole rings is 1. The summed E-state index contributed by atoms with van der Waals surface area (Å²) in [5, 5.41) is 3.52. The number of aryl methyl sites for hydroxylation is 1. The van der Waals surface area contributed by atoms with Crippen molar-refractivity contribution in [2.75, 3.05) is 13.1 Å². The molecule has 4 nitrogen and oxygen atoms in total. The average molecular weight is 295 g/mol. The Kier molecular flexibility index (Phi) is 4.68. The number of hydrogen-bond donors (Lipinski definition) is 1. The molecular weight excluding hydrogens is 272 g/mol. The van der Waals surface area contributed by atoms with Crippen LogP contribution in [0, 0.1) is 6.92 Å². The van der Waals surface area contributed by atoms with Crippen molar-refractivity contribution in [1.82, 2.24) is 19.6 Å². The first-order valence-corrected chi connectivity index (χ1v) is 7.03. The molecule has 3 heterocycles. The molecule has 1 saturated heterocycles. The molecule has 0 radical (unpaired) electrons. The van der Waals surface area contributed by atoms with Gasteiger partial charge in [0.25, 0.3) is 0 Å². The predicted octanol–water partition coefficient (Wildman–Crippen LogP) is 2.25. The van der Waals surface area contributed by atoms with Crippen LogP contribution < -0.4 is 5.32 Å². The van der Waals surface area contributed by atoms with Gasteiger partial charge in [-0.15, -0.1) is 12.4 Å². The lowest BCUT2D eigenvalue weighted by atomic mass is 10.1. The fraction of sp³-hybridized carbons (Fsp3) is 0.533. The lowest BCUT2D eigenvalue weighted by molar-refractivity contribution is 0.137. The minimum Gasteiger partial charge on any atom is -0.311 e. The maximum Gasteiger partial charge on any atom is 0.137 e. The number of pyridine rings is 1. The Bertz CT molecular complexity index is 580. The van der Waals surface area contributed by atoms with Gasteiger partial charge in [0, 0.05) is 37.9 Å². The van der Waals surface area contributed by atoms with Crippen molar-refractivity contribution in [2.45, 2.75) is 39.4 Å². The van der Waals surface area contributed by atoms with Crippen molar-refractivity contribution in [3.05, 3.63) is 35.8 Å². The molecule has 2 aromatic rings. The van der Waals surface area contributed by atoms with Crippen LogP contribution >= 0.6 is 12.4 Å².